The Balaban J connectivity index is 1.49. The van der Waals surface area contributed by atoms with Crippen LogP contribution in [0.4, 0.5) is 30.4 Å². The third-order valence-electron chi connectivity index (χ3n) is 6.03. The van der Waals surface area contributed by atoms with Gasteiger partial charge in [0.2, 0.25) is 5.91 Å². The molecule has 35 heavy (non-hydrogen) atoms. The maximum atomic E-state index is 13.0. The maximum Gasteiger partial charge on any atom is 0.416 e. The molecule has 2 N–H and O–H groups in total. The monoisotopic (exact) mass is 482 g/mol. The van der Waals surface area contributed by atoms with Gasteiger partial charge >= 0.3 is 6.18 Å². The molecule has 1 atom stereocenters. The lowest BCUT2D eigenvalue weighted by Gasteiger charge is -2.20. The van der Waals surface area contributed by atoms with E-state index in [1.807, 2.05) is 31.2 Å². The van der Waals surface area contributed by atoms with Gasteiger partial charge in [0.1, 0.15) is 5.82 Å². The van der Waals surface area contributed by atoms with E-state index in [0.29, 0.717) is 11.4 Å². The van der Waals surface area contributed by atoms with Crippen molar-refractivity contribution in [2.75, 3.05) is 28.6 Å². The van der Waals surface area contributed by atoms with E-state index >= 15 is 0 Å². The van der Waals surface area contributed by atoms with Crippen molar-refractivity contribution in [2.24, 2.45) is 0 Å². The highest BCUT2D eigenvalue weighted by Gasteiger charge is 2.30. The molecule has 1 aliphatic heterocycles. The summed E-state index contributed by atoms with van der Waals surface area (Å²) in [4.78, 5) is 30.5. The van der Waals surface area contributed by atoms with Crippen LogP contribution in [0.2, 0.25) is 0 Å². The summed E-state index contributed by atoms with van der Waals surface area (Å²) >= 11 is 0. The second-order valence-electron chi connectivity index (χ2n) is 8.62. The number of hydrogen-bond acceptors (Lipinski definition) is 4. The molecule has 2 heterocycles. The van der Waals surface area contributed by atoms with Crippen LogP contribution in [0.1, 0.15) is 46.3 Å². The summed E-state index contributed by atoms with van der Waals surface area (Å²) in [7, 11) is 0. The van der Waals surface area contributed by atoms with Crippen LogP contribution in [0.5, 0.6) is 0 Å². The topological polar surface area (TPSA) is 74.3 Å². The summed E-state index contributed by atoms with van der Waals surface area (Å²) in [5.74, 6) is 0.0101. The number of halogens is 3. The molecule has 2 aromatic carbocycles. The fourth-order valence-corrected chi connectivity index (χ4v) is 4.31. The highest BCUT2D eigenvalue weighted by molar-refractivity contribution is 6.04. The number of aryl methyl sites for hydroxylation is 1. The zero-order valence-electron chi connectivity index (χ0n) is 19.3. The van der Waals surface area contributed by atoms with E-state index in [4.69, 9.17) is 0 Å². The number of nitrogens with zero attached hydrogens (tertiary/aromatic N) is 2. The molecule has 0 radical (unpaired) electrons. The second kappa shape index (κ2) is 9.77. The number of aromatic nitrogens is 1. The summed E-state index contributed by atoms with van der Waals surface area (Å²) in [6.45, 7) is 4.93. The Morgan fingerprint density at radius 3 is 2.60 bits per heavy atom. The van der Waals surface area contributed by atoms with Crippen LogP contribution >= 0.6 is 0 Å². The molecule has 0 bridgehead atoms. The normalized spacial score (nSPS) is 15.7. The molecule has 1 saturated heterocycles. The summed E-state index contributed by atoms with van der Waals surface area (Å²) in [6.07, 6.45) is -1.96. The largest absolute Gasteiger partial charge is 0.416 e. The van der Waals surface area contributed by atoms with E-state index in [1.54, 1.807) is 12.3 Å². The molecule has 0 aliphatic carbocycles. The number of anilines is 3. The summed E-state index contributed by atoms with van der Waals surface area (Å²) in [6, 6.07) is 13.7. The molecular formula is C26H25F3N4O2. The Labute approximate surface area is 201 Å². The third kappa shape index (κ3) is 5.79. The number of alkyl halides is 3. The quantitative estimate of drug-likeness (QED) is 0.496. The van der Waals surface area contributed by atoms with E-state index in [2.05, 4.69) is 20.5 Å². The van der Waals surface area contributed by atoms with Gasteiger partial charge in [-0.25, -0.2) is 4.98 Å². The van der Waals surface area contributed by atoms with Crippen molar-refractivity contribution < 1.29 is 22.8 Å². The second-order valence-corrected chi connectivity index (χ2v) is 8.62. The van der Waals surface area contributed by atoms with Crippen molar-refractivity contribution >= 4 is 29.0 Å². The van der Waals surface area contributed by atoms with Crippen LogP contribution < -0.4 is 15.5 Å². The molecule has 2 amide bonds. The first-order valence-electron chi connectivity index (χ1n) is 11.2. The summed E-state index contributed by atoms with van der Waals surface area (Å²) < 4.78 is 39.0. The molecule has 1 fully saturated rings. The van der Waals surface area contributed by atoms with E-state index < -0.39 is 17.6 Å². The number of benzene rings is 2. The molecule has 9 heteroatoms. The SMILES string of the molecule is CC(=O)Nc1cc(N2CC[C@@H](c3cc(C(=O)Nc4cccc(C(F)(F)F)c4)ccc3C)C2)ccn1. The Morgan fingerprint density at radius 2 is 1.86 bits per heavy atom. The molecule has 3 aromatic rings. The van der Waals surface area contributed by atoms with Gasteiger partial charge in [0.25, 0.3) is 5.91 Å². The van der Waals surface area contributed by atoms with Gasteiger partial charge < -0.3 is 15.5 Å². The van der Waals surface area contributed by atoms with Gasteiger partial charge in [-0.05, 0) is 60.9 Å². The van der Waals surface area contributed by atoms with Gasteiger partial charge in [0, 0.05) is 55.1 Å². The molecule has 1 aromatic heterocycles. The highest BCUT2D eigenvalue weighted by atomic mass is 19.4. The first kappa shape index (κ1) is 24.3. The molecule has 0 saturated carbocycles. The smallest absolute Gasteiger partial charge is 0.371 e. The Morgan fingerprint density at radius 1 is 1.06 bits per heavy atom. The minimum atomic E-state index is -4.48. The molecule has 6 nitrogen and oxygen atoms in total. The van der Waals surface area contributed by atoms with Crippen molar-refractivity contribution in [3.63, 3.8) is 0 Å². The van der Waals surface area contributed by atoms with Crippen LogP contribution in [0.15, 0.2) is 60.8 Å². The zero-order chi connectivity index (χ0) is 25.2. The van der Waals surface area contributed by atoms with E-state index in [9.17, 15) is 22.8 Å². The highest BCUT2D eigenvalue weighted by Crippen LogP contribution is 2.34. The average Bonchev–Trinajstić information content (AvgIpc) is 3.29. The van der Waals surface area contributed by atoms with Gasteiger partial charge in [-0.15, -0.1) is 0 Å². The average molecular weight is 483 g/mol. The van der Waals surface area contributed by atoms with Gasteiger partial charge in [0.15, 0.2) is 0 Å². The number of pyridine rings is 1. The Hall–Kier alpha value is -3.88. The fourth-order valence-electron chi connectivity index (χ4n) is 4.31. The number of rotatable bonds is 5. The lowest BCUT2D eigenvalue weighted by Crippen LogP contribution is -2.20. The first-order chi connectivity index (χ1) is 16.6. The number of hydrogen-bond donors (Lipinski definition) is 2. The van der Waals surface area contributed by atoms with Crippen LogP contribution in [0.3, 0.4) is 0 Å². The third-order valence-corrected chi connectivity index (χ3v) is 6.03. The number of carbonyl (C=O) groups excluding carboxylic acids is 2. The molecule has 182 valence electrons. The first-order valence-corrected chi connectivity index (χ1v) is 11.2. The minimum Gasteiger partial charge on any atom is -0.371 e. The van der Waals surface area contributed by atoms with E-state index in [0.717, 1.165) is 48.5 Å². The predicted octanol–water partition coefficient (Wildman–Crippen LogP) is 5.61. The summed E-state index contributed by atoms with van der Waals surface area (Å²) in [5, 5.41) is 5.26. The van der Waals surface area contributed by atoms with Gasteiger partial charge in [-0.2, -0.15) is 13.2 Å². The Bertz CT molecular complexity index is 1260. The number of amides is 2. The molecular weight excluding hydrogens is 457 g/mol. The molecule has 1 aliphatic rings. The maximum absolute atomic E-state index is 13.0. The van der Waals surface area contributed by atoms with Crippen LogP contribution in [-0.2, 0) is 11.0 Å². The number of nitrogens with one attached hydrogen (secondary N) is 2. The van der Waals surface area contributed by atoms with Gasteiger partial charge in [-0.1, -0.05) is 12.1 Å². The standard InChI is InChI=1S/C26H25F3N4O2/c1-16-6-7-18(25(35)32-21-5-3-4-20(13-21)26(27,28)29)12-23(16)19-9-11-33(15-19)22-8-10-30-24(14-22)31-17(2)34/h3-8,10,12-14,19H,9,11,15H2,1-2H3,(H,32,35)(H,30,31,34)/t19-/m1/s1. The van der Waals surface area contributed by atoms with Crippen molar-refractivity contribution in [3.05, 3.63) is 83.0 Å². The zero-order valence-corrected chi connectivity index (χ0v) is 19.3. The minimum absolute atomic E-state index is 0.0895. The van der Waals surface area contributed by atoms with Crippen molar-refractivity contribution in [1.29, 1.82) is 0 Å². The Kier molecular flexibility index (Phi) is 6.77. The fraction of sp³-hybridized carbons (Fsp3) is 0.269. The predicted molar refractivity (Wildman–Crippen MR) is 129 cm³/mol. The van der Waals surface area contributed by atoms with Crippen LogP contribution in [-0.4, -0.2) is 29.9 Å². The molecule has 0 unspecified atom stereocenters. The lowest BCUT2D eigenvalue weighted by molar-refractivity contribution is -0.137. The van der Waals surface area contributed by atoms with Crippen molar-refractivity contribution in [3.8, 4) is 0 Å². The van der Waals surface area contributed by atoms with E-state index in [1.165, 1.54) is 19.1 Å². The van der Waals surface area contributed by atoms with Gasteiger partial charge in [0.05, 0.1) is 5.56 Å². The van der Waals surface area contributed by atoms with Gasteiger partial charge in [-0.3, -0.25) is 9.59 Å². The number of carbonyl (C=O) groups is 2. The summed E-state index contributed by atoms with van der Waals surface area (Å²) in [5.41, 5.74) is 2.68. The van der Waals surface area contributed by atoms with Crippen LogP contribution in [0.25, 0.3) is 0 Å². The van der Waals surface area contributed by atoms with Crippen molar-refractivity contribution in [2.45, 2.75) is 32.4 Å². The van der Waals surface area contributed by atoms with Crippen molar-refractivity contribution in [1.82, 2.24) is 4.98 Å². The lowest BCUT2D eigenvalue weighted by atomic mass is 9.92. The molecule has 0 spiro atoms. The molecule has 4 rings (SSSR count). The van der Waals surface area contributed by atoms with E-state index in [-0.39, 0.29) is 17.5 Å². The van der Waals surface area contributed by atoms with Crippen LogP contribution in [0, 0.1) is 6.92 Å².